The van der Waals surface area contributed by atoms with E-state index in [1.807, 2.05) is 39.0 Å². The molecule has 1 atom stereocenters. The highest BCUT2D eigenvalue weighted by Crippen LogP contribution is 2.32. The first-order chi connectivity index (χ1) is 9.42. The van der Waals surface area contributed by atoms with Crippen LogP contribution in [0.4, 0.5) is 10.5 Å². The quantitative estimate of drug-likeness (QED) is 0.903. The third kappa shape index (κ3) is 3.31. The Balaban J connectivity index is 2.31. The Hall–Kier alpha value is -1.55. The molecule has 1 aliphatic heterocycles. The van der Waals surface area contributed by atoms with Gasteiger partial charge in [0.1, 0.15) is 5.60 Å². The third-order valence-corrected chi connectivity index (χ3v) is 3.45. The number of hydrogen-bond acceptors (Lipinski definition) is 3. The fourth-order valence-corrected chi connectivity index (χ4v) is 2.63. The lowest BCUT2D eigenvalue weighted by atomic mass is 9.94. The monoisotopic (exact) mass is 276 g/mol. The molecule has 1 aromatic rings. The van der Waals surface area contributed by atoms with Gasteiger partial charge in [-0.1, -0.05) is 18.2 Å². The molecule has 20 heavy (non-hydrogen) atoms. The number of nitrogens with two attached hydrogens (primary N) is 1. The summed E-state index contributed by atoms with van der Waals surface area (Å²) in [6.07, 6.45) is 2.45. The summed E-state index contributed by atoms with van der Waals surface area (Å²) in [5.41, 5.74) is 7.37. The van der Waals surface area contributed by atoms with Crippen molar-refractivity contribution in [3.8, 4) is 0 Å². The second-order valence-electron chi connectivity index (χ2n) is 6.25. The zero-order valence-corrected chi connectivity index (χ0v) is 12.6. The van der Waals surface area contributed by atoms with Crippen LogP contribution in [0.2, 0.25) is 0 Å². The molecule has 1 aromatic carbocycles. The number of ether oxygens (including phenoxy) is 1. The summed E-state index contributed by atoms with van der Waals surface area (Å²) >= 11 is 0. The maximum absolute atomic E-state index is 12.5. The number of nitrogens with zero attached hydrogens (tertiary/aromatic N) is 1. The molecule has 0 saturated heterocycles. The van der Waals surface area contributed by atoms with Gasteiger partial charge in [0, 0.05) is 6.04 Å². The number of amides is 1. The number of rotatable bonds is 2. The number of hydrogen-bond donors (Lipinski definition) is 1. The molecule has 110 valence electrons. The molecule has 0 saturated carbocycles. The summed E-state index contributed by atoms with van der Waals surface area (Å²) in [6.45, 7) is 6.24. The van der Waals surface area contributed by atoms with Gasteiger partial charge < -0.3 is 10.5 Å². The maximum Gasteiger partial charge on any atom is 0.415 e. The summed E-state index contributed by atoms with van der Waals surface area (Å²) in [5.74, 6) is 0. The van der Waals surface area contributed by atoms with E-state index in [1.54, 1.807) is 4.90 Å². The smallest absolute Gasteiger partial charge is 0.415 e. The van der Waals surface area contributed by atoms with E-state index < -0.39 is 5.60 Å². The van der Waals surface area contributed by atoms with E-state index in [0.29, 0.717) is 6.54 Å². The van der Waals surface area contributed by atoms with Gasteiger partial charge in [-0.2, -0.15) is 0 Å². The van der Waals surface area contributed by atoms with Crippen LogP contribution < -0.4 is 10.6 Å². The van der Waals surface area contributed by atoms with Gasteiger partial charge in [-0.3, -0.25) is 4.90 Å². The fourth-order valence-electron chi connectivity index (χ4n) is 2.63. The van der Waals surface area contributed by atoms with Crippen molar-refractivity contribution in [1.29, 1.82) is 0 Å². The summed E-state index contributed by atoms with van der Waals surface area (Å²) in [7, 11) is 0. The lowest BCUT2D eigenvalue weighted by molar-refractivity contribution is 0.0559. The summed E-state index contributed by atoms with van der Waals surface area (Å²) in [4.78, 5) is 14.3. The van der Waals surface area contributed by atoms with Gasteiger partial charge in [0.15, 0.2) is 0 Å². The van der Waals surface area contributed by atoms with Crippen LogP contribution in [0.1, 0.15) is 39.2 Å². The van der Waals surface area contributed by atoms with Crippen molar-refractivity contribution < 1.29 is 9.53 Å². The van der Waals surface area contributed by atoms with Crippen LogP contribution in [0.3, 0.4) is 0 Å². The Morgan fingerprint density at radius 2 is 2.10 bits per heavy atom. The highest BCUT2D eigenvalue weighted by molar-refractivity contribution is 5.90. The van der Waals surface area contributed by atoms with Crippen molar-refractivity contribution in [3.05, 3.63) is 29.8 Å². The molecule has 1 amide bonds. The van der Waals surface area contributed by atoms with Gasteiger partial charge in [0.05, 0.1) is 5.69 Å². The molecule has 4 heteroatoms. The molecular formula is C16H24N2O2. The molecule has 1 aliphatic rings. The molecule has 0 fully saturated rings. The van der Waals surface area contributed by atoms with Crippen LogP contribution in [0.25, 0.3) is 0 Å². The van der Waals surface area contributed by atoms with Gasteiger partial charge >= 0.3 is 6.09 Å². The van der Waals surface area contributed by atoms with Gasteiger partial charge in [-0.15, -0.1) is 0 Å². The molecule has 1 unspecified atom stereocenters. The van der Waals surface area contributed by atoms with Gasteiger partial charge in [0.2, 0.25) is 0 Å². The SMILES string of the molecule is CC(C)(C)OC(=O)N1c2ccccc2CCC1CCN. The number of carbonyl (C=O) groups is 1. The molecule has 1 heterocycles. The van der Waals surface area contributed by atoms with Crippen molar-refractivity contribution in [3.63, 3.8) is 0 Å². The van der Waals surface area contributed by atoms with Crippen molar-refractivity contribution in [2.75, 3.05) is 11.4 Å². The molecule has 0 spiro atoms. The Morgan fingerprint density at radius 1 is 1.40 bits per heavy atom. The third-order valence-electron chi connectivity index (χ3n) is 3.45. The molecular weight excluding hydrogens is 252 g/mol. The zero-order valence-electron chi connectivity index (χ0n) is 12.6. The summed E-state index contributed by atoms with van der Waals surface area (Å²) < 4.78 is 5.56. The van der Waals surface area contributed by atoms with Crippen molar-refractivity contribution in [1.82, 2.24) is 0 Å². The predicted molar refractivity (Wildman–Crippen MR) is 80.9 cm³/mol. The average Bonchev–Trinajstić information content (AvgIpc) is 2.36. The highest BCUT2D eigenvalue weighted by Gasteiger charge is 2.33. The molecule has 4 nitrogen and oxygen atoms in total. The minimum atomic E-state index is -0.489. The Labute approximate surface area is 120 Å². The van der Waals surface area contributed by atoms with Crippen molar-refractivity contribution >= 4 is 11.8 Å². The average molecular weight is 276 g/mol. The number of fused-ring (bicyclic) bond motifs is 1. The van der Waals surface area contributed by atoms with E-state index in [-0.39, 0.29) is 12.1 Å². The van der Waals surface area contributed by atoms with Crippen LogP contribution in [0, 0.1) is 0 Å². The van der Waals surface area contributed by atoms with Gasteiger partial charge in [-0.05, 0) is 58.2 Å². The van der Waals surface area contributed by atoms with Crippen LogP contribution in [0.15, 0.2) is 24.3 Å². The molecule has 2 N–H and O–H groups in total. The predicted octanol–water partition coefficient (Wildman–Crippen LogP) is 3.09. The summed E-state index contributed by atoms with van der Waals surface area (Å²) in [6, 6.07) is 8.16. The number of anilines is 1. The Morgan fingerprint density at radius 3 is 2.75 bits per heavy atom. The minimum absolute atomic E-state index is 0.129. The minimum Gasteiger partial charge on any atom is -0.443 e. The van der Waals surface area contributed by atoms with Crippen LogP contribution >= 0.6 is 0 Å². The second-order valence-corrected chi connectivity index (χ2v) is 6.25. The first kappa shape index (κ1) is 14.9. The number of para-hydroxylation sites is 1. The molecule has 2 rings (SSSR count). The molecule has 0 radical (unpaired) electrons. The van der Waals surface area contributed by atoms with Gasteiger partial charge in [-0.25, -0.2) is 4.79 Å². The number of aryl methyl sites for hydroxylation is 1. The number of benzene rings is 1. The maximum atomic E-state index is 12.5. The summed E-state index contributed by atoms with van der Waals surface area (Å²) in [5, 5.41) is 0. The number of carbonyl (C=O) groups excluding carboxylic acids is 1. The normalized spacial score (nSPS) is 18.6. The first-order valence-corrected chi connectivity index (χ1v) is 7.22. The molecule has 0 aliphatic carbocycles. The Kier molecular flexibility index (Phi) is 4.33. The Bertz CT molecular complexity index is 480. The fraction of sp³-hybridized carbons (Fsp3) is 0.562. The lowest BCUT2D eigenvalue weighted by Crippen LogP contribution is -2.47. The van der Waals surface area contributed by atoms with Crippen molar-refractivity contribution in [2.45, 2.75) is 51.7 Å². The van der Waals surface area contributed by atoms with E-state index in [4.69, 9.17) is 10.5 Å². The van der Waals surface area contributed by atoms with E-state index in [9.17, 15) is 4.79 Å². The highest BCUT2D eigenvalue weighted by atomic mass is 16.6. The molecule has 0 bridgehead atoms. The van der Waals surface area contributed by atoms with Crippen molar-refractivity contribution in [2.24, 2.45) is 5.73 Å². The second kappa shape index (κ2) is 5.83. The van der Waals surface area contributed by atoms with Gasteiger partial charge in [0.25, 0.3) is 0 Å². The van der Waals surface area contributed by atoms with Crippen LogP contribution in [0.5, 0.6) is 0 Å². The van der Waals surface area contributed by atoms with Crippen LogP contribution in [-0.4, -0.2) is 24.3 Å². The lowest BCUT2D eigenvalue weighted by Gasteiger charge is -2.38. The van der Waals surface area contributed by atoms with E-state index in [1.165, 1.54) is 5.56 Å². The van der Waals surface area contributed by atoms with E-state index >= 15 is 0 Å². The topological polar surface area (TPSA) is 55.6 Å². The molecule has 0 aromatic heterocycles. The van der Waals surface area contributed by atoms with Crippen LogP contribution in [-0.2, 0) is 11.2 Å². The van der Waals surface area contributed by atoms with E-state index in [0.717, 1.165) is 24.9 Å². The first-order valence-electron chi connectivity index (χ1n) is 7.22. The van der Waals surface area contributed by atoms with E-state index in [2.05, 4.69) is 6.07 Å². The zero-order chi connectivity index (χ0) is 14.8. The largest absolute Gasteiger partial charge is 0.443 e. The standard InChI is InChI=1S/C16H24N2O2/c1-16(2,3)20-15(19)18-13(10-11-17)9-8-12-6-4-5-7-14(12)18/h4-7,13H,8-11,17H2,1-3H3.